The average Bonchev–Trinajstić information content (AvgIpc) is 3.59. The number of nitrogens with one attached hydrogen (secondary N) is 1. The first-order valence-corrected chi connectivity index (χ1v) is 14.5. The molecule has 5 rings (SSSR count). The SMILES string of the molecule is Cc1cc(Cl)ccc1Cn1ncc2cc(/C=C3\SC(=O)N(CC(=O)NS(=O)(=O)N4CCCC4)C3=O)ccc21. The number of carbonyl (C=O) groups is 3. The summed E-state index contributed by atoms with van der Waals surface area (Å²) in [5, 5.41) is 5.39. The molecule has 2 saturated heterocycles. The van der Waals surface area contributed by atoms with Gasteiger partial charge in [-0.1, -0.05) is 23.7 Å². The fourth-order valence-corrected chi connectivity index (χ4v) is 6.71. The van der Waals surface area contributed by atoms with Gasteiger partial charge in [-0.25, -0.2) is 4.72 Å². The predicted octanol–water partition coefficient (Wildman–Crippen LogP) is 3.54. The number of fused-ring (bicyclic) bond motifs is 1. The van der Waals surface area contributed by atoms with Crippen molar-refractivity contribution in [2.75, 3.05) is 19.6 Å². The van der Waals surface area contributed by atoms with Crippen LogP contribution in [0.25, 0.3) is 17.0 Å². The summed E-state index contributed by atoms with van der Waals surface area (Å²) < 4.78 is 29.6. The number of aromatic nitrogens is 2. The van der Waals surface area contributed by atoms with Crippen LogP contribution in [0.3, 0.4) is 0 Å². The highest BCUT2D eigenvalue weighted by atomic mass is 35.5. The molecule has 2 aromatic carbocycles. The van der Waals surface area contributed by atoms with Crippen LogP contribution in [0.4, 0.5) is 4.79 Å². The standard InChI is InChI=1S/C25H24ClN5O5S2/c1-16-10-20(26)6-5-18(16)14-31-21-7-4-17(11-19(21)13-27-31)12-22-24(33)30(25(34)37-22)15-23(32)28-38(35,36)29-8-2-3-9-29/h4-7,10-13H,2-3,8-9,14-15H2,1H3,(H,28,32)/b22-12-. The van der Waals surface area contributed by atoms with Crippen molar-refractivity contribution in [2.45, 2.75) is 26.3 Å². The van der Waals surface area contributed by atoms with E-state index in [1.807, 2.05) is 52.7 Å². The number of imide groups is 1. The molecule has 0 unspecified atom stereocenters. The molecule has 0 aliphatic carbocycles. The Balaban J connectivity index is 1.28. The topological polar surface area (TPSA) is 122 Å². The molecular weight excluding hydrogens is 550 g/mol. The quantitative estimate of drug-likeness (QED) is 0.429. The van der Waals surface area contributed by atoms with Crippen LogP contribution < -0.4 is 4.72 Å². The Morgan fingerprint density at radius 1 is 1.16 bits per heavy atom. The number of rotatable bonds is 7. The molecule has 1 N–H and O–H groups in total. The molecule has 2 aliphatic heterocycles. The maximum Gasteiger partial charge on any atom is 0.303 e. The molecule has 38 heavy (non-hydrogen) atoms. The number of amides is 3. The Bertz CT molecular complexity index is 1590. The number of nitrogens with zero attached hydrogens (tertiary/aromatic N) is 4. The van der Waals surface area contributed by atoms with Gasteiger partial charge >= 0.3 is 10.2 Å². The van der Waals surface area contributed by atoms with Crippen LogP contribution in [0.15, 0.2) is 47.5 Å². The maximum absolute atomic E-state index is 12.9. The van der Waals surface area contributed by atoms with Gasteiger partial charge < -0.3 is 0 Å². The molecule has 3 amide bonds. The van der Waals surface area contributed by atoms with Crippen LogP contribution in [0.1, 0.15) is 29.5 Å². The van der Waals surface area contributed by atoms with Crippen molar-refractivity contribution in [3.8, 4) is 0 Å². The van der Waals surface area contributed by atoms with Crippen molar-refractivity contribution >= 4 is 67.6 Å². The van der Waals surface area contributed by atoms with E-state index in [1.54, 1.807) is 12.3 Å². The van der Waals surface area contributed by atoms with Crippen LogP contribution in [-0.4, -0.2) is 64.1 Å². The van der Waals surface area contributed by atoms with E-state index >= 15 is 0 Å². The Morgan fingerprint density at radius 2 is 1.92 bits per heavy atom. The van der Waals surface area contributed by atoms with Gasteiger partial charge in [0.1, 0.15) is 6.54 Å². The van der Waals surface area contributed by atoms with E-state index in [9.17, 15) is 22.8 Å². The fraction of sp³-hybridized carbons (Fsp3) is 0.280. The second-order valence-corrected chi connectivity index (χ2v) is 12.2. The van der Waals surface area contributed by atoms with Crippen molar-refractivity contribution in [3.05, 3.63) is 69.2 Å². The van der Waals surface area contributed by atoms with Crippen LogP contribution in [0.2, 0.25) is 5.02 Å². The zero-order valence-electron chi connectivity index (χ0n) is 20.4. The summed E-state index contributed by atoms with van der Waals surface area (Å²) in [5.74, 6) is -1.59. The normalized spacial score (nSPS) is 17.7. The number of aryl methyl sites for hydroxylation is 1. The fourth-order valence-electron chi connectivity index (χ4n) is 4.42. The smallest absolute Gasteiger partial charge is 0.272 e. The third-order valence-electron chi connectivity index (χ3n) is 6.41. The summed E-state index contributed by atoms with van der Waals surface area (Å²) in [7, 11) is -3.99. The van der Waals surface area contributed by atoms with Crippen molar-refractivity contribution in [1.82, 2.24) is 23.7 Å². The summed E-state index contributed by atoms with van der Waals surface area (Å²) in [5.41, 5.74) is 3.75. The molecule has 0 bridgehead atoms. The molecule has 0 radical (unpaired) electrons. The van der Waals surface area contributed by atoms with Gasteiger partial charge in [0.05, 0.1) is 23.2 Å². The van der Waals surface area contributed by atoms with Crippen molar-refractivity contribution in [1.29, 1.82) is 0 Å². The zero-order valence-corrected chi connectivity index (χ0v) is 22.8. The van der Waals surface area contributed by atoms with E-state index in [1.165, 1.54) is 4.31 Å². The highest BCUT2D eigenvalue weighted by Crippen LogP contribution is 2.32. The van der Waals surface area contributed by atoms with Gasteiger partial charge in [0, 0.05) is 23.5 Å². The van der Waals surface area contributed by atoms with E-state index in [-0.39, 0.29) is 4.91 Å². The molecule has 3 aromatic rings. The van der Waals surface area contributed by atoms with Gasteiger partial charge in [-0.05, 0) is 78.6 Å². The molecule has 2 fully saturated rings. The lowest BCUT2D eigenvalue weighted by Crippen LogP contribution is -2.46. The molecule has 0 spiro atoms. The van der Waals surface area contributed by atoms with E-state index in [0.717, 1.165) is 39.8 Å². The van der Waals surface area contributed by atoms with Gasteiger partial charge in [-0.2, -0.15) is 17.8 Å². The molecule has 0 atom stereocenters. The summed E-state index contributed by atoms with van der Waals surface area (Å²) in [6.45, 7) is 2.55. The lowest BCUT2D eigenvalue weighted by atomic mass is 10.1. The van der Waals surface area contributed by atoms with E-state index in [4.69, 9.17) is 11.6 Å². The monoisotopic (exact) mass is 573 g/mol. The van der Waals surface area contributed by atoms with Crippen molar-refractivity contribution in [2.24, 2.45) is 0 Å². The minimum atomic E-state index is -3.99. The number of carbonyl (C=O) groups excluding carboxylic acids is 3. The first-order chi connectivity index (χ1) is 18.1. The lowest BCUT2D eigenvalue weighted by Gasteiger charge is -2.17. The highest BCUT2D eigenvalue weighted by molar-refractivity contribution is 8.18. The number of thioether (sulfide) groups is 1. The van der Waals surface area contributed by atoms with Crippen LogP contribution in [-0.2, 0) is 26.3 Å². The summed E-state index contributed by atoms with van der Waals surface area (Å²) in [4.78, 5) is 38.5. The molecule has 3 heterocycles. The molecule has 1 aromatic heterocycles. The van der Waals surface area contributed by atoms with E-state index in [0.29, 0.717) is 42.0 Å². The predicted molar refractivity (Wildman–Crippen MR) is 146 cm³/mol. The number of benzene rings is 2. The van der Waals surface area contributed by atoms with Crippen molar-refractivity contribution in [3.63, 3.8) is 0 Å². The minimum Gasteiger partial charge on any atom is -0.272 e. The first kappa shape index (κ1) is 26.4. The third kappa shape index (κ3) is 5.48. The third-order valence-corrected chi connectivity index (χ3v) is 9.08. The molecule has 2 aliphatic rings. The Morgan fingerprint density at radius 3 is 2.66 bits per heavy atom. The molecule has 13 heteroatoms. The number of hydrogen-bond acceptors (Lipinski definition) is 7. The van der Waals surface area contributed by atoms with Gasteiger partial charge in [-0.15, -0.1) is 0 Å². The zero-order chi connectivity index (χ0) is 27.0. The van der Waals surface area contributed by atoms with Gasteiger partial charge in [0.2, 0.25) is 0 Å². The maximum atomic E-state index is 12.9. The summed E-state index contributed by atoms with van der Waals surface area (Å²) in [6, 6.07) is 11.3. The minimum absolute atomic E-state index is 0.147. The second kappa shape index (κ2) is 10.5. The van der Waals surface area contributed by atoms with Crippen LogP contribution in [0, 0.1) is 6.92 Å². The molecule has 198 valence electrons. The van der Waals surface area contributed by atoms with E-state index in [2.05, 4.69) is 5.10 Å². The Kier molecular flexibility index (Phi) is 7.32. The summed E-state index contributed by atoms with van der Waals surface area (Å²) >= 11 is 6.76. The highest BCUT2D eigenvalue weighted by Gasteiger charge is 2.37. The van der Waals surface area contributed by atoms with Crippen LogP contribution >= 0.6 is 23.4 Å². The van der Waals surface area contributed by atoms with Gasteiger partial charge in [0.25, 0.3) is 17.1 Å². The molecule has 0 saturated carbocycles. The second-order valence-electron chi connectivity index (χ2n) is 9.10. The van der Waals surface area contributed by atoms with Crippen LogP contribution in [0.5, 0.6) is 0 Å². The number of halogens is 1. The van der Waals surface area contributed by atoms with Crippen molar-refractivity contribution < 1.29 is 22.8 Å². The average molecular weight is 574 g/mol. The Labute approximate surface area is 228 Å². The summed E-state index contributed by atoms with van der Waals surface area (Å²) in [6.07, 6.45) is 4.74. The Hall–Kier alpha value is -3.19. The molecular formula is C25H24ClN5O5S2. The largest absolute Gasteiger partial charge is 0.303 e. The van der Waals surface area contributed by atoms with Gasteiger partial charge in [-0.3, -0.25) is 24.0 Å². The first-order valence-electron chi connectivity index (χ1n) is 11.9. The van der Waals surface area contributed by atoms with Gasteiger partial charge in [0.15, 0.2) is 0 Å². The molecule has 10 nitrogen and oxygen atoms in total. The lowest BCUT2D eigenvalue weighted by molar-refractivity contribution is -0.128. The van der Waals surface area contributed by atoms with E-state index < -0.39 is 33.8 Å². The number of hydrogen-bond donors (Lipinski definition) is 1.